The lowest BCUT2D eigenvalue weighted by atomic mass is 9.75. The van der Waals surface area contributed by atoms with Crippen LogP contribution in [0.3, 0.4) is 0 Å². The van der Waals surface area contributed by atoms with Crippen LogP contribution in [0.4, 0.5) is 0 Å². The Morgan fingerprint density at radius 1 is 0.307 bits per heavy atom. The smallest absolute Gasteiger partial charge is 0.395 e. The van der Waals surface area contributed by atoms with Gasteiger partial charge in [-0.1, -0.05) is 308 Å². The average molecular weight is 1330 g/mol. The fourth-order valence-electron chi connectivity index (χ4n) is 15.6. The predicted octanol–water partition coefficient (Wildman–Crippen LogP) is 22.7. The van der Waals surface area contributed by atoms with Gasteiger partial charge in [-0.25, -0.2) is 19.9 Å². The highest BCUT2D eigenvalue weighted by Gasteiger charge is 2.57. The molecule has 8 nitrogen and oxygen atoms in total. The van der Waals surface area contributed by atoms with Crippen molar-refractivity contribution >= 4 is 88.8 Å². The molecule has 14 aromatic carbocycles. The van der Waals surface area contributed by atoms with Crippen molar-refractivity contribution in [1.29, 1.82) is 0 Å². The van der Waals surface area contributed by atoms with E-state index in [0.717, 1.165) is 33.3 Å². The summed E-state index contributed by atoms with van der Waals surface area (Å²) < 4.78 is 12.6. The van der Waals surface area contributed by atoms with Crippen LogP contribution in [0.5, 0.6) is 0 Å². The van der Waals surface area contributed by atoms with Crippen molar-refractivity contribution in [1.82, 2.24) is 29.9 Å². The molecule has 3 aliphatic rings. The number of benzene rings is 14. The minimum atomic E-state index is -0.607. The highest BCUT2D eigenvalue weighted by molar-refractivity contribution is 6.62. The standard InChI is InChI=1S/C42H29N3.C33H30BO2.C15H10ClN3.CH4/c1-42(2)36-24-21-28(41-44-39(26-13-5-3-6-14-26)43-40(45-41)27-15-7-4-8-16-27)25-35(36)34-23-22-33-31-19-10-9-17-29(31)30-18-11-12-20-32(30)37(33)38(34)42;1-31(2)28-18-15-20(34-35-32(3,4)33(5,6)36-34)19-27(28)26-17-16-25-23-13-8-7-11-21(23)22-12-9-10-14-24(22)29(25)30(26)31;16-15-18-13(11-7-3-1-4-8-11)17-14(19-15)12-9-5-2-6-10-12;/h3-25H,1-2H3;7-19H,3H2,1-2,4-6H3;1-10H;1H4/q;+1;;. The Labute approximate surface area is 595 Å². The van der Waals surface area contributed by atoms with E-state index in [4.69, 9.17) is 35.9 Å². The lowest BCUT2D eigenvalue weighted by Crippen LogP contribution is -2.42. The van der Waals surface area contributed by atoms with Gasteiger partial charge in [-0.2, -0.15) is 9.97 Å². The summed E-state index contributed by atoms with van der Waals surface area (Å²) in [6.07, 6.45) is 0. The van der Waals surface area contributed by atoms with Gasteiger partial charge in [-0.3, -0.25) is 0 Å². The quantitative estimate of drug-likeness (QED) is 0.0923. The first-order valence-electron chi connectivity index (χ1n) is 34.1. The van der Waals surface area contributed by atoms with Crippen molar-refractivity contribution < 1.29 is 9.31 Å². The van der Waals surface area contributed by atoms with Crippen molar-refractivity contribution in [2.75, 3.05) is 0 Å². The Balaban J connectivity index is 0.000000126. The molecule has 16 aromatic rings. The topological polar surface area (TPSA) is 95.8 Å². The van der Waals surface area contributed by atoms with Gasteiger partial charge in [0.2, 0.25) is 10.9 Å². The first-order chi connectivity index (χ1) is 48.5. The second-order valence-corrected chi connectivity index (χ2v) is 28.5. The molecule has 10 heteroatoms. The molecule has 1 unspecified atom stereocenters. The normalized spacial score (nSPS) is 15.7. The van der Waals surface area contributed by atoms with E-state index in [1.54, 1.807) is 0 Å². The molecule has 1 fully saturated rings. The Hall–Kier alpha value is -11.2. The molecule has 0 spiro atoms. The minimum Gasteiger partial charge on any atom is -0.395 e. The van der Waals surface area contributed by atoms with E-state index in [1.807, 2.05) is 118 Å². The van der Waals surface area contributed by atoms with Gasteiger partial charge in [0.05, 0.1) is 6.92 Å². The average Bonchev–Trinajstić information content (AvgIpc) is 1.60. The van der Waals surface area contributed by atoms with Gasteiger partial charge in [0.25, 0.3) is 0 Å². The van der Waals surface area contributed by atoms with Crippen LogP contribution in [0.2, 0.25) is 5.28 Å². The number of rotatable bonds is 6. The number of hydrogen-bond acceptors (Lipinski definition) is 8. The van der Waals surface area contributed by atoms with Gasteiger partial charge >= 0.3 is 7.12 Å². The molecular weight excluding hydrogens is 1260 g/mol. The van der Waals surface area contributed by atoms with E-state index >= 15 is 0 Å². The van der Waals surface area contributed by atoms with Crippen LogP contribution >= 0.6 is 11.6 Å². The SMILES string of the molecule is C.CC1(C)c2ccc(-c3nc(-c4ccccc4)nc(-c4ccccc4)n3)cc2-c2ccc3c4ccccc4c4ccccc4c3c21.Clc1nc(-c2ccccc2)nc(-c2ccccc2)n1.[CH2+]C1(C)OB(c2ccc3c(c2)-c2ccc4c5ccccc5c5ccccc5c4c2C3(C)C)OC1(C)C. The Morgan fingerprint density at radius 2 is 0.614 bits per heavy atom. The van der Waals surface area contributed by atoms with Crippen LogP contribution in [-0.2, 0) is 20.1 Å². The molecule has 19 rings (SSSR count). The molecule has 0 radical (unpaired) electrons. The molecule has 0 amide bonds. The zero-order chi connectivity index (χ0) is 68.2. The fourth-order valence-corrected chi connectivity index (χ4v) is 15.7. The zero-order valence-corrected chi connectivity index (χ0v) is 57.5. The van der Waals surface area contributed by atoms with E-state index in [0.29, 0.717) is 29.1 Å². The summed E-state index contributed by atoms with van der Waals surface area (Å²) in [6.45, 7) is 19.8. The monoisotopic (exact) mass is 1330 g/mol. The number of halogens is 1. The number of aromatic nitrogens is 6. The van der Waals surface area contributed by atoms with E-state index in [-0.39, 0.29) is 23.5 Å². The second kappa shape index (κ2) is 24.9. The molecule has 0 saturated carbocycles. The van der Waals surface area contributed by atoms with Crippen molar-refractivity contribution in [3.05, 3.63) is 314 Å². The fraction of sp³-hybridized carbons (Fsp3) is 0.132. The third-order valence-electron chi connectivity index (χ3n) is 21.0. The van der Waals surface area contributed by atoms with Gasteiger partial charge in [0.15, 0.2) is 29.1 Å². The van der Waals surface area contributed by atoms with E-state index < -0.39 is 18.3 Å². The lowest BCUT2D eigenvalue weighted by molar-refractivity contribution is 0.0262. The first kappa shape index (κ1) is 64.5. The Kier molecular flexibility index (Phi) is 15.9. The summed E-state index contributed by atoms with van der Waals surface area (Å²) >= 11 is 5.99. The Morgan fingerprint density at radius 3 is 0.980 bits per heavy atom. The van der Waals surface area contributed by atoms with Crippen LogP contribution in [0.25, 0.3) is 144 Å². The van der Waals surface area contributed by atoms with E-state index in [9.17, 15) is 0 Å². The number of fused-ring (bicyclic) bond motifs is 20. The maximum atomic E-state index is 6.34. The van der Waals surface area contributed by atoms with Crippen LogP contribution in [-0.4, -0.2) is 48.2 Å². The summed E-state index contributed by atoms with van der Waals surface area (Å²) in [5, 5.41) is 16.0. The van der Waals surface area contributed by atoms with Gasteiger partial charge in [0.1, 0.15) is 5.60 Å². The molecule has 0 bridgehead atoms. The van der Waals surface area contributed by atoms with Crippen molar-refractivity contribution in [3.8, 4) is 79.2 Å². The van der Waals surface area contributed by atoms with Gasteiger partial charge in [0, 0.05) is 45.6 Å². The highest BCUT2D eigenvalue weighted by atomic mass is 35.5. The molecule has 1 atom stereocenters. The van der Waals surface area contributed by atoms with Crippen molar-refractivity contribution in [2.24, 2.45) is 0 Å². The van der Waals surface area contributed by atoms with Crippen LogP contribution in [0, 0.1) is 6.92 Å². The molecule has 2 aromatic heterocycles. The molecular formula is C91H73BClN6O2+. The maximum absolute atomic E-state index is 6.34. The molecule has 101 heavy (non-hydrogen) atoms. The molecule has 3 heterocycles. The summed E-state index contributed by atoms with van der Waals surface area (Å²) in [5.41, 5.74) is 15.0. The van der Waals surface area contributed by atoms with Crippen LogP contribution in [0.1, 0.15) is 78.1 Å². The maximum Gasteiger partial charge on any atom is 0.498 e. The highest BCUT2D eigenvalue weighted by Crippen LogP contribution is 2.56. The van der Waals surface area contributed by atoms with Gasteiger partial charge in [-0.05, 0) is 146 Å². The predicted molar refractivity (Wildman–Crippen MR) is 421 cm³/mol. The third kappa shape index (κ3) is 10.9. The third-order valence-corrected chi connectivity index (χ3v) is 21.2. The summed E-state index contributed by atoms with van der Waals surface area (Å²) in [4.78, 5) is 27.7. The molecule has 488 valence electrons. The largest absolute Gasteiger partial charge is 0.498 e. The molecule has 0 N–H and O–H groups in total. The summed E-state index contributed by atoms with van der Waals surface area (Å²) in [6, 6.07) is 97.8. The molecule has 1 saturated heterocycles. The minimum absolute atomic E-state index is 0. The van der Waals surface area contributed by atoms with Crippen LogP contribution < -0.4 is 5.46 Å². The van der Waals surface area contributed by atoms with Crippen molar-refractivity contribution in [3.63, 3.8) is 0 Å². The summed E-state index contributed by atoms with van der Waals surface area (Å²) in [5.74, 6) is 3.18. The van der Waals surface area contributed by atoms with Gasteiger partial charge < -0.3 is 9.31 Å². The Bertz CT molecular complexity index is 5740. The van der Waals surface area contributed by atoms with E-state index in [1.165, 1.54) is 109 Å². The number of hydrogen-bond donors (Lipinski definition) is 0. The first-order valence-corrected chi connectivity index (χ1v) is 34.5. The molecule has 2 aliphatic carbocycles. The van der Waals surface area contributed by atoms with Crippen LogP contribution in [0.15, 0.2) is 279 Å². The lowest BCUT2D eigenvalue weighted by Gasteiger charge is -2.25. The second-order valence-electron chi connectivity index (χ2n) is 28.1. The van der Waals surface area contributed by atoms with E-state index in [2.05, 4.69) is 232 Å². The van der Waals surface area contributed by atoms with Crippen molar-refractivity contribution in [2.45, 2.75) is 77.9 Å². The van der Waals surface area contributed by atoms with Gasteiger partial charge in [-0.15, -0.1) is 0 Å². The summed E-state index contributed by atoms with van der Waals surface area (Å²) in [7, 11) is -0.426. The zero-order valence-electron chi connectivity index (χ0n) is 56.7. The molecule has 1 aliphatic heterocycles. The number of nitrogens with zero attached hydrogens (tertiary/aromatic N) is 6.